The Morgan fingerprint density at radius 1 is 1.04 bits per heavy atom. The Balaban J connectivity index is 1.70. The van der Waals surface area contributed by atoms with E-state index in [9.17, 15) is 4.39 Å². The molecular formula is C18H15BrFN5. The topological polar surface area (TPSA) is 62.7 Å². The fourth-order valence-corrected chi connectivity index (χ4v) is 2.81. The minimum absolute atomic E-state index is 0.301. The van der Waals surface area contributed by atoms with Gasteiger partial charge in [0.2, 0.25) is 5.95 Å². The number of aromatic nitrogens is 3. The van der Waals surface area contributed by atoms with Gasteiger partial charge in [-0.2, -0.15) is 4.98 Å². The van der Waals surface area contributed by atoms with E-state index in [0.717, 1.165) is 29.9 Å². The van der Waals surface area contributed by atoms with Gasteiger partial charge in [0.25, 0.3) is 0 Å². The molecule has 0 atom stereocenters. The van der Waals surface area contributed by atoms with Crippen LogP contribution in [0.5, 0.6) is 0 Å². The molecule has 0 aliphatic heterocycles. The summed E-state index contributed by atoms with van der Waals surface area (Å²) in [6.45, 7) is 0. The third kappa shape index (κ3) is 3.93. The smallest absolute Gasteiger partial charge is 0.225 e. The number of hydrogen-bond acceptors (Lipinski definition) is 5. The average molecular weight is 400 g/mol. The zero-order chi connectivity index (χ0) is 17.2. The Hall–Kier alpha value is -2.54. The van der Waals surface area contributed by atoms with Gasteiger partial charge in [-0.3, -0.25) is 4.98 Å². The van der Waals surface area contributed by atoms with Crippen LogP contribution in [0, 0.1) is 5.82 Å². The molecule has 126 valence electrons. The number of hydrogen-bond donors (Lipinski definition) is 2. The van der Waals surface area contributed by atoms with Crippen LogP contribution in [0.1, 0.15) is 12.8 Å². The molecule has 2 heterocycles. The van der Waals surface area contributed by atoms with Crippen molar-refractivity contribution in [3.05, 3.63) is 59.0 Å². The fourth-order valence-electron chi connectivity index (χ4n) is 2.36. The molecule has 5 nitrogen and oxygen atoms in total. The van der Waals surface area contributed by atoms with Crippen molar-refractivity contribution in [3.63, 3.8) is 0 Å². The van der Waals surface area contributed by atoms with E-state index < -0.39 is 0 Å². The lowest BCUT2D eigenvalue weighted by Crippen LogP contribution is -2.08. The molecule has 7 heteroatoms. The molecule has 0 bridgehead atoms. The molecular weight excluding hydrogens is 385 g/mol. The summed E-state index contributed by atoms with van der Waals surface area (Å²) in [5.41, 5.74) is 2.22. The first-order chi connectivity index (χ1) is 12.2. The number of benzene rings is 1. The summed E-state index contributed by atoms with van der Waals surface area (Å²) in [7, 11) is 0. The number of nitrogens with zero attached hydrogens (tertiary/aromatic N) is 3. The maximum atomic E-state index is 13.3. The van der Waals surface area contributed by atoms with E-state index in [4.69, 9.17) is 0 Å². The maximum Gasteiger partial charge on any atom is 0.225 e. The van der Waals surface area contributed by atoms with Gasteiger partial charge in [0.15, 0.2) is 0 Å². The largest absolute Gasteiger partial charge is 0.351 e. The summed E-state index contributed by atoms with van der Waals surface area (Å²) >= 11 is 3.36. The van der Waals surface area contributed by atoms with E-state index >= 15 is 0 Å². The van der Waals surface area contributed by atoms with Crippen LogP contribution in [-0.2, 0) is 0 Å². The summed E-state index contributed by atoms with van der Waals surface area (Å²) in [5, 5.41) is 6.53. The van der Waals surface area contributed by atoms with Crippen molar-refractivity contribution in [2.24, 2.45) is 0 Å². The molecule has 2 aromatic heterocycles. The SMILES string of the molecule is Fc1ccc(Nc2cc(-c3ccccn3)nc(NC3CC3)n2)c(Br)c1. The van der Waals surface area contributed by atoms with Crippen molar-refractivity contribution in [2.45, 2.75) is 18.9 Å². The van der Waals surface area contributed by atoms with Gasteiger partial charge in [-0.1, -0.05) is 6.07 Å². The normalized spacial score (nSPS) is 13.5. The van der Waals surface area contributed by atoms with E-state index in [-0.39, 0.29) is 5.82 Å². The zero-order valence-electron chi connectivity index (χ0n) is 13.2. The van der Waals surface area contributed by atoms with Crippen LogP contribution in [0.15, 0.2) is 53.1 Å². The standard InChI is InChI=1S/C18H15BrFN5/c19-13-9-11(20)4-7-14(13)23-17-10-16(15-3-1-2-8-21-15)24-18(25-17)22-12-5-6-12/h1-4,7-10,12H,5-6H2,(H2,22,23,24,25). The second kappa shape index (κ2) is 6.76. The predicted octanol–water partition coefficient (Wildman–Crippen LogP) is 4.76. The highest BCUT2D eigenvalue weighted by Crippen LogP contribution is 2.29. The second-order valence-electron chi connectivity index (χ2n) is 5.84. The Morgan fingerprint density at radius 3 is 2.64 bits per heavy atom. The third-order valence-electron chi connectivity index (χ3n) is 3.76. The Labute approximate surface area is 152 Å². The second-order valence-corrected chi connectivity index (χ2v) is 6.70. The number of rotatable bonds is 5. The average Bonchev–Trinajstić information content (AvgIpc) is 3.42. The molecule has 1 saturated carbocycles. The number of nitrogens with one attached hydrogen (secondary N) is 2. The predicted molar refractivity (Wildman–Crippen MR) is 99.3 cm³/mol. The van der Waals surface area contributed by atoms with Crippen LogP contribution >= 0.6 is 15.9 Å². The van der Waals surface area contributed by atoms with Crippen LogP contribution in [0.2, 0.25) is 0 Å². The summed E-state index contributed by atoms with van der Waals surface area (Å²) in [5.74, 6) is 0.878. The molecule has 1 aliphatic rings. The number of pyridine rings is 1. The van der Waals surface area contributed by atoms with Gasteiger partial charge in [-0.25, -0.2) is 9.37 Å². The molecule has 3 aromatic rings. The minimum atomic E-state index is -0.301. The fraction of sp³-hybridized carbons (Fsp3) is 0.167. The highest BCUT2D eigenvalue weighted by Gasteiger charge is 2.22. The highest BCUT2D eigenvalue weighted by atomic mass is 79.9. The van der Waals surface area contributed by atoms with Crippen LogP contribution < -0.4 is 10.6 Å². The molecule has 4 rings (SSSR count). The monoisotopic (exact) mass is 399 g/mol. The first kappa shape index (κ1) is 16.0. The van der Waals surface area contributed by atoms with Gasteiger partial charge in [0.1, 0.15) is 11.6 Å². The van der Waals surface area contributed by atoms with Gasteiger partial charge >= 0.3 is 0 Å². The van der Waals surface area contributed by atoms with Crippen molar-refractivity contribution in [3.8, 4) is 11.4 Å². The summed E-state index contributed by atoms with van der Waals surface area (Å²) in [4.78, 5) is 13.4. The molecule has 25 heavy (non-hydrogen) atoms. The van der Waals surface area contributed by atoms with E-state index in [1.165, 1.54) is 12.1 Å². The van der Waals surface area contributed by atoms with Gasteiger partial charge in [0.05, 0.1) is 17.1 Å². The van der Waals surface area contributed by atoms with Gasteiger partial charge < -0.3 is 10.6 Å². The molecule has 0 unspecified atom stereocenters. The van der Waals surface area contributed by atoms with Crippen LogP contribution in [0.25, 0.3) is 11.4 Å². The third-order valence-corrected chi connectivity index (χ3v) is 4.41. The molecule has 0 amide bonds. The van der Waals surface area contributed by atoms with Crippen molar-refractivity contribution in [1.29, 1.82) is 0 Å². The lowest BCUT2D eigenvalue weighted by Gasteiger charge is -2.12. The molecule has 0 saturated heterocycles. The van der Waals surface area contributed by atoms with Crippen molar-refractivity contribution >= 4 is 33.4 Å². The van der Waals surface area contributed by atoms with Crippen molar-refractivity contribution in [2.75, 3.05) is 10.6 Å². The van der Waals surface area contributed by atoms with Crippen LogP contribution in [-0.4, -0.2) is 21.0 Å². The number of anilines is 3. The van der Waals surface area contributed by atoms with E-state index in [2.05, 4.69) is 41.5 Å². The first-order valence-corrected chi connectivity index (χ1v) is 8.76. The molecule has 0 radical (unpaired) electrons. The van der Waals surface area contributed by atoms with Gasteiger partial charge in [-0.15, -0.1) is 0 Å². The quantitative estimate of drug-likeness (QED) is 0.647. The minimum Gasteiger partial charge on any atom is -0.351 e. The molecule has 0 spiro atoms. The molecule has 1 fully saturated rings. The van der Waals surface area contributed by atoms with Gasteiger partial charge in [-0.05, 0) is 59.1 Å². The summed E-state index contributed by atoms with van der Waals surface area (Å²) in [6.07, 6.45) is 3.99. The van der Waals surface area contributed by atoms with E-state index in [0.29, 0.717) is 22.3 Å². The first-order valence-electron chi connectivity index (χ1n) is 7.96. The lowest BCUT2D eigenvalue weighted by atomic mass is 10.2. The molecule has 2 N–H and O–H groups in total. The van der Waals surface area contributed by atoms with Gasteiger partial charge in [0, 0.05) is 22.8 Å². The maximum absolute atomic E-state index is 13.3. The lowest BCUT2D eigenvalue weighted by molar-refractivity contribution is 0.627. The zero-order valence-corrected chi connectivity index (χ0v) is 14.8. The Bertz CT molecular complexity index is 899. The van der Waals surface area contributed by atoms with Crippen LogP contribution in [0.4, 0.5) is 21.8 Å². The summed E-state index contributed by atoms with van der Waals surface area (Å²) in [6, 6.07) is 12.4. The van der Waals surface area contributed by atoms with Crippen molar-refractivity contribution in [1.82, 2.24) is 15.0 Å². The number of halogens is 2. The van der Waals surface area contributed by atoms with E-state index in [1.54, 1.807) is 12.3 Å². The molecule has 1 aliphatic carbocycles. The highest BCUT2D eigenvalue weighted by molar-refractivity contribution is 9.10. The Morgan fingerprint density at radius 2 is 1.92 bits per heavy atom. The summed E-state index contributed by atoms with van der Waals surface area (Å²) < 4.78 is 13.9. The Kier molecular flexibility index (Phi) is 4.31. The molecule has 1 aromatic carbocycles. The van der Waals surface area contributed by atoms with Crippen LogP contribution in [0.3, 0.4) is 0 Å². The van der Waals surface area contributed by atoms with Crippen molar-refractivity contribution < 1.29 is 4.39 Å². The van der Waals surface area contributed by atoms with E-state index in [1.807, 2.05) is 24.3 Å².